The quantitative estimate of drug-likeness (QED) is 0.624. The van der Waals surface area contributed by atoms with Crippen LogP contribution in [0, 0.1) is 0 Å². The van der Waals surface area contributed by atoms with E-state index in [9.17, 15) is 14.4 Å². The van der Waals surface area contributed by atoms with Crippen LogP contribution >= 0.6 is 0 Å². The van der Waals surface area contributed by atoms with E-state index in [1.165, 1.54) is 7.11 Å². The molecule has 1 atom stereocenters. The number of rotatable bonds is 8. The number of carbonyl (C=O) groups excluding carboxylic acids is 2. The van der Waals surface area contributed by atoms with Crippen molar-refractivity contribution >= 4 is 18.0 Å². The first-order valence-electron chi connectivity index (χ1n) is 9.11. The standard InChI is InChI=1S/C21H22N2O6/c1-28-12-18(20(25)26)23-19(24)10-22-21(27)29-11-17-15-8-4-2-6-13(15)14-7-3-5-9-16(14)17/h2-9,17-18H,10-12H2,1H3,(H,22,27)(H,23,24)(H,25,26)/t18-/m0/s1. The van der Waals surface area contributed by atoms with Gasteiger partial charge in [-0.2, -0.15) is 0 Å². The molecule has 2 aromatic carbocycles. The van der Waals surface area contributed by atoms with Crippen LogP contribution < -0.4 is 10.6 Å². The van der Waals surface area contributed by atoms with Crippen LogP contribution in [0.3, 0.4) is 0 Å². The molecule has 0 heterocycles. The van der Waals surface area contributed by atoms with Gasteiger partial charge in [0.1, 0.15) is 13.2 Å². The molecule has 2 amide bonds. The molecule has 0 aromatic heterocycles. The summed E-state index contributed by atoms with van der Waals surface area (Å²) in [5, 5.41) is 13.6. The number of carbonyl (C=O) groups is 3. The van der Waals surface area contributed by atoms with Crippen LogP contribution in [-0.2, 0) is 19.1 Å². The third-order valence-corrected chi connectivity index (χ3v) is 4.70. The van der Waals surface area contributed by atoms with Gasteiger partial charge < -0.3 is 25.2 Å². The molecule has 0 saturated heterocycles. The first-order valence-corrected chi connectivity index (χ1v) is 9.11. The number of hydrogen-bond acceptors (Lipinski definition) is 5. The van der Waals surface area contributed by atoms with E-state index in [1.54, 1.807) is 0 Å². The molecular formula is C21H22N2O6. The maximum atomic E-state index is 12.0. The van der Waals surface area contributed by atoms with Crippen LogP contribution in [0.4, 0.5) is 4.79 Å². The molecule has 2 aromatic rings. The van der Waals surface area contributed by atoms with Crippen LogP contribution in [0.5, 0.6) is 0 Å². The van der Waals surface area contributed by atoms with Gasteiger partial charge in [-0.15, -0.1) is 0 Å². The van der Waals surface area contributed by atoms with Gasteiger partial charge in [0.2, 0.25) is 5.91 Å². The average molecular weight is 398 g/mol. The average Bonchev–Trinajstić information content (AvgIpc) is 3.04. The zero-order valence-electron chi connectivity index (χ0n) is 15.9. The lowest BCUT2D eigenvalue weighted by atomic mass is 9.98. The summed E-state index contributed by atoms with van der Waals surface area (Å²) in [4.78, 5) is 34.9. The summed E-state index contributed by atoms with van der Waals surface area (Å²) in [5.74, 6) is -1.95. The van der Waals surface area contributed by atoms with Gasteiger partial charge in [-0.25, -0.2) is 9.59 Å². The summed E-state index contributed by atoms with van der Waals surface area (Å²) in [6.07, 6.45) is -0.749. The Bertz CT molecular complexity index is 868. The molecule has 3 rings (SSSR count). The molecule has 0 bridgehead atoms. The first-order chi connectivity index (χ1) is 14.0. The molecule has 0 radical (unpaired) electrons. The van der Waals surface area contributed by atoms with Crippen LogP contribution in [0.1, 0.15) is 17.0 Å². The highest BCUT2D eigenvalue weighted by Gasteiger charge is 2.29. The number of fused-ring (bicyclic) bond motifs is 3. The van der Waals surface area contributed by atoms with Gasteiger partial charge in [-0.3, -0.25) is 4.79 Å². The number of benzene rings is 2. The minimum Gasteiger partial charge on any atom is -0.480 e. The van der Waals surface area contributed by atoms with Crippen molar-refractivity contribution in [2.45, 2.75) is 12.0 Å². The highest BCUT2D eigenvalue weighted by Crippen LogP contribution is 2.44. The van der Waals surface area contributed by atoms with E-state index < -0.39 is 30.6 Å². The van der Waals surface area contributed by atoms with Gasteiger partial charge in [-0.05, 0) is 22.3 Å². The molecule has 1 aliphatic rings. The maximum absolute atomic E-state index is 12.0. The smallest absolute Gasteiger partial charge is 0.407 e. The summed E-state index contributed by atoms with van der Waals surface area (Å²) in [6, 6.07) is 14.7. The Labute approximate surface area is 167 Å². The maximum Gasteiger partial charge on any atom is 0.407 e. The third kappa shape index (κ3) is 4.72. The fraction of sp³-hybridized carbons (Fsp3) is 0.286. The number of carboxylic acid groups (broad SMARTS) is 1. The molecule has 0 aliphatic heterocycles. The number of hydrogen-bond donors (Lipinski definition) is 3. The Morgan fingerprint density at radius 3 is 2.17 bits per heavy atom. The van der Waals surface area contributed by atoms with Crippen molar-refractivity contribution in [3.63, 3.8) is 0 Å². The molecule has 8 nitrogen and oxygen atoms in total. The van der Waals surface area contributed by atoms with Crippen LogP contribution in [0.2, 0.25) is 0 Å². The van der Waals surface area contributed by atoms with Gasteiger partial charge >= 0.3 is 12.1 Å². The monoisotopic (exact) mass is 398 g/mol. The molecule has 0 unspecified atom stereocenters. The Morgan fingerprint density at radius 2 is 1.62 bits per heavy atom. The van der Waals surface area contributed by atoms with E-state index >= 15 is 0 Å². The van der Waals surface area contributed by atoms with E-state index in [1.807, 2.05) is 48.5 Å². The Balaban J connectivity index is 1.54. The topological polar surface area (TPSA) is 114 Å². The number of alkyl carbamates (subject to hydrolysis) is 1. The van der Waals surface area contributed by atoms with Gasteiger partial charge in [0.25, 0.3) is 0 Å². The number of aliphatic carboxylic acids is 1. The second-order valence-corrected chi connectivity index (χ2v) is 6.59. The largest absolute Gasteiger partial charge is 0.480 e. The minimum atomic E-state index is -1.22. The van der Waals surface area contributed by atoms with Crippen molar-refractivity contribution in [3.05, 3.63) is 59.7 Å². The van der Waals surface area contributed by atoms with Gasteiger partial charge in [0.05, 0.1) is 6.61 Å². The number of ether oxygens (including phenoxy) is 2. The van der Waals surface area contributed by atoms with E-state index in [0.29, 0.717) is 0 Å². The number of methoxy groups -OCH3 is 1. The third-order valence-electron chi connectivity index (χ3n) is 4.70. The highest BCUT2D eigenvalue weighted by atomic mass is 16.5. The first kappa shape index (κ1) is 20.3. The lowest BCUT2D eigenvalue weighted by molar-refractivity contribution is -0.143. The second kappa shape index (κ2) is 9.20. The Morgan fingerprint density at radius 1 is 1.03 bits per heavy atom. The van der Waals surface area contributed by atoms with E-state index in [4.69, 9.17) is 14.6 Å². The van der Waals surface area contributed by atoms with E-state index in [0.717, 1.165) is 22.3 Å². The molecule has 0 fully saturated rings. The SMILES string of the molecule is COC[C@H](NC(=O)CNC(=O)OCC1c2ccccc2-c2ccccc21)C(=O)O. The van der Waals surface area contributed by atoms with Crippen LogP contribution in [-0.4, -0.2) is 56.0 Å². The van der Waals surface area contributed by atoms with Gasteiger partial charge in [0.15, 0.2) is 6.04 Å². The zero-order chi connectivity index (χ0) is 20.8. The van der Waals surface area contributed by atoms with Gasteiger partial charge in [-0.1, -0.05) is 48.5 Å². The predicted molar refractivity (Wildman–Crippen MR) is 105 cm³/mol. The lowest BCUT2D eigenvalue weighted by Crippen LogP contribution is -2.47. The summed E-state index contributed by atoms with van der Waals surface area (Å²) in [6.45, 7) is -0.445. The van der Waals surface area contributed by atoms with Crippen LogP contribution in [0.15, 0.2) is 48.5 Å². The molecule has 3 N–H and O–H groups in total. The van der Waals surface area contributed by atoms with E-state index in [2.05, 4.69) is 10.6 Å². The molecular weight excluding hydrogens is 376 g/mol. The second-order valence-electron chi connectivity index (χ2n) is 6.59. The van der Waals surface area contributed by atoms with Crippen molar-refractivity contribution < 1.29 is 29.0 Å². The van der Waals surface area contributed by atoms with E-state index in [-0.39, 0.29) is 19.1 Å². The van der Waals surface area contributed by atoms with Crippen LogP contribution in [0.25, 0.3) is 11.1 Å². The van der Waals surface area contributed by atoms with Crippen molar-refractivity contribution in [2.24, 2.45) is 0 Å². The molecule has 1 aliphatic carbocycles. The highest BCUT2D eigenvalue weighted by molar-refractivity contribution is 5.86. The normalized spacial score (nSPS) is 13.1. The predicted octanol–water partition coefficient (Wildman–Crippen LogP) is 1.74. The molecule has 0 saturated carbocycles. The van der Waals surface area contributed by atoms with Crippen molar-refractivity contribution in [3.8, 4) is 11.1 Å². The summed E-state index contributed by atoms with van der Waals surface area (Å²) in [5.41, 5.74) is 4.41. The zero-order valence-corrected chi connectivity index (χ0v) is 15.9. The summed E-state index contributed by atoms with van der Waals surface area (Å²) < 4.78 is 10.1. The molecule has 8 heteroatoms. The Kier molecular flexibility index (Phi) is 6.46. The molecule has 0 spiro atoms. The summed E-state index contributed by atoms with van der Waals surface area (Å²) >= 11 is 0. The number of amides is 2. The fourth-order valence-electron chi connectivity index (χ4n) is 3.39. The lowest BCUT2D eigenvalue weighted by Gasteiger charge is -2.15. The number of nitrogens with one attached hydrogen (secondary N) is 2. The minimum absolute atomic E-state index is 0.0833. The Hall–Kier alpha value is -3.39. The van der Waals surface area contributed by atoms with Crippen molar-refractivity contribution in [1.82, 2.24) is 10.6 Å². The summed E-state index contributed by atoms with van der Waals surface area (Å²) in [7, 11) is 1.33. The molecule has 29 heavy (non-hydrogen) atoms. The number of carboxylic acids is 1. The fourth-order valence-corrected chi connectivity index (χ4v) is 3.39. The van der Waals surface area contributed by atoms with Gasteiger partial charge in [0, 0.05) is 13.0 Å². The van der Waals surface area contributed by atoms with Crippen molar-refractivity contribution in [1.29, 1.82) is 0 Å². The van der Waals surface area contributed by atoms with Crippen molar-refractivity contribution in [2.75, 3.05) is 26.9 Å². The molecule has 152 valence electrons.